The number of nitrogens with two attached hydrogens (primary N) is 1. The molecule has 11 heavy (non-hydrogen) atoms. The molecule has 0 aromatic rings. The summed E-state index contributed by atoms with van der Waals surface area (Å²) in [6.07, 6.45) is 10.2. The fourth-order valence-electron chi connectivity index (χ4n) is 2.85. The van der Waals surface area contributed by atoms with Gasteiger partial charge < -0.3 is 5.73 Å². The van der Waals surface area contributed by atoms with E-state index in [4.69, 9.17) is 5.73 Å². The van der Waals surface area contributed by atoms with Crippen molar-refractivity contribution in [2.75, 3.05) is 6.54 Å². The molecule has 2 rings (SSSR count). The molecule has 2 saturated carbocycles. The second kappa shape index (κ2) is 2.78. The zero-order valence-corrected chi connectivity index (χ0v) is 7.31. The molecule has 0 saturated heterocycles. The molecule has 64 valence electrons. The maximum atomic E-state index is 5.62. The van der Waals surface area contributed by atoms with Gasteiger partial charge in [-0.3, -0.25) is 0 Å². The van der Waals surface area contributed by atoms with E-state index in [1.807, 2.05) is 0 Å². The van der Waals surface area contributed by atoms with Crippen LogP contribution in [-0.2, 0) is 0 Å². The highest BCUT2D eigenvalue weighted by molar-refractivity contribution is 4.99. The van der Waals surface area contributed by atoms with Crippen molar-refractivity contribution in [3.05, 3.63) is 0 Å². The summed E-state index contributed by atoms with van der Waals surface area (Å²) in [6, 6.07) is 0. The Morgan fingerprint density at radius 1 is 1.18 bits per heavy atom. The van der Waals surface area contributed by atoms with Crippen LogP contribution in [0.25, 0.3) is 0 Å². The molecule has 2 N–H and O–H groups in total. The third kappa shape index (κ3) is 1.31. The van der Waals surface area contributed by atoms with Crippen LogP contribution >= 0.6 is 0 Å². The van der Waals surface area contributed by atoms with Crippen LogP contribution in [-0.4, -0.2) is 6.54 Å². The summed E-state index contributed by atoms with van der Waals surface area (Å²) >= 11 is 0. The van der Waals surface area contributed by atoms with Crippen molar-refractivity contribution in [2.24, 2.45) is 17.1 Å². The first-order valence-corrected chi connectivity index (χ1v) is 5.07. The zero-order valence-electron chi connectivity index (χ0n) is 7.31. The average molecular weight is 153 g/mol. The van der Waals surface area contributed by atoms with Gasteiger partial charge in [-0.15, -0.1) is 0 Å². The van der Waals surface area contributed by atoms with Gasteiger partial charge in [0.15, 0.2) is 0 Å². The zero-order chi connectivity index (χ0) is 7.73. The molecule has 2 aliphatic rings. The predicted octanol–water partition coefficient (Wildman–Crippen LogP) is 2.31. The van der Waals surface area contributed by atoms with Crippen molar-refractivity contribution in [1.82, 2.24) is 0 Å². The summed E-state index contributed by atoms with van der Waals surface area (Å²) in [6.45, 7) is 0.913. The summed E-state index contributed by atoms with van der Waals surface area (Å²) in [5.41, 5.74) is 6.38. The van der Waals surface area contributed by atoms with Crippen molar-refractivity contribution in [3.63, 3.8) is 0 Å². The second-order valence-electron chi connectivity index (χ2n) is 4.38. The van der Waals surface area contributed by atoms with Gasteiger partial charge in [-0.2, -0.15) is 0 Å². The van der Waals surface area contributed by atoms with Gasteiger partial charge in [0, 0.05) is 0 Å². The largest absolute Gasteiger partial charge is 0.330 e. The summed E-state index contributed by atoms with van der Waals surface area (Å²) in [5, 5.41) is 0. The lowest BCUT2D eigenvalue weighted by atomic mass is 9.85. The Morgan fingerprint density at radius 3 is 2.27 bits per heavy atom. The molecule has 0 heterocycles. The first-order valence-electron chi connectivity index (χ1n) is 5.07. The normalized spacial score (nSPS) is 29.2. The average Bonchev–Trinajstić information content (AvgIpc) is 2.63. The molecule has 0 amide bonds. The molecule has 2 fully saturated rings. The van der Waals surface area contributed by atoms with E-state index in [0.29, 0.717) is 0 Å². The van der Waals surface area contributed by atoms with Gasteiger partial charge in [-0.05, 0) is 50.0 Å². The van der Waals surface area contributed by atoms with Crippen molar-refractivity contribution >= 4 is 0 Å². The van der Waals surface area contributed by atoms with Crippen LogP contribution in [0.3, 0.4) is 0 Å². The van der Waals surface area contributed by atoms with Crippen molar-refractivity contribution < 1.29 is 0 Å². The van der Waals surface area contributed by atoms with Gasteiger partial charge in [0.2, 0.25) is 0 Å². The Morgan fingerprint density at radius 2 is 1.82 bits per heavy atom. The molecule has 0 bridgehead atoms. The molecular weight excluding hydrogens is 134 g/mol. The van der Waals surface area contributed by atoms with E-state index in [0.717, 1.165) is 17.9 Å². The minimum atomic E-state index is 0.755. The van der Waals surface area contributed by atoms with Gasteiger partial charge in [0.25, 0.3) is 0 Å². The highest BCUT2D eigenvalue weighted by Crippen LogP contribution is 2.59. The first kappa shape index (κ1) is 7.60. The Labute approximate surface area is 69.4 Å². The monoisotopic (exact) mass is 153 g/mol. The maximum absolute atomic E-state index is 5.62. The van der Waals surface area contributed by atoms with Gasteiger partial charge in [-0.25, -0.2) is 0 Å². The van der Waals surface area contributed by atoms with E-state index < -0.39 is 0 Å². The predicted molar refractivity (Wildman–Crippen MR) is 47.3 cm³/mol. The third-order valence-corrected chi connectivity index (χ3v) is 3.76. The fraction of sp³-hybridized carbons (Fsp3) is 1.00. The summed E-state index contributed by atoms with van der Waals surface area (Å²) < 4.78 is 0. The van der Waals surface area contributed by atoms with E-state index in [1.165, 1.54) is 44.9 Å². The molecule has 1 nitrogen and oxygen atoms in total. The van der Waals surface area contributed by atoms with Crippen molar-refractivity contribution in [1.29, 1.82) is 0 Å². The van der Waals surface area contributed by atoms with Crippen LogP contribution in [0, 0.1) is 11.3 Å². The standard InChI is InChI=1S/C10H19N/c11-8-7-10(5-6-10)9-3-1-2-4-9/h9H,1-8,11H2. The lowest BCUT2D eigenvalue weighted by molar-refractivity contribution is 0.297. The Balaban J connectivity index is 1.91. The third-order valence-electron chi connectivity index (χ3n) is 3.76. The van der Waals surface area contributed by atoms with Crippen LogP contribution in [0.1, 0.15) is 44.9 Å². The molecule has 0 aliphatic heterocycles. The Bertz CT molecular complexity index is 132. The quantitative estimate of drug-likeness (QED) is 0.661. The van der Waals surface area contributed by atoms with Gasteiger partial charge in [0.1, 0.15) is 0 Å². The topological polar surface area (TPSA) is 26.0 Å². The highest BCUT2D eigenvalue weighted by atomic mass is 14.6. The Hall–Kier alpha value is -0.0400. The molecule has 0 aromatic carbocycles. The van der Waals surface area contributed by atoms with E-state index in [-0.39, 0.29) is 0 Å². The molecule has 1 heteroatoms. The molecule has 0 unspecified atom stereocenters. The SMILES string of the molecule is NCCC1(C2CCCC2)CC1. The molecule has 0 aromatic heterocycles. The van der Waals surface area contributed by atoms with Crippen LogP contribution in [0.2, 0.25) is 0 Å². The number of hydrogen-bond donors (Lipinski definition) is 1. The van der Waals surface area contributed by atoms with Gasteiger partial charge in [0.05, 0.1) is 0 Å². The molecule has 2 aliphatic carbocycles. The first-order chi connectivity index (χ1) is 5.37. The second-order valence-corrected chi connectivity index (χ2v) is 4.38. The van der Waals surface area contributed by atoms with Crippen LogP contribution in [0.5, 0.6) is 0 Å². The Kier molecular flexibility index (Phi) is 1.92. The van der Waals surface area contributed by atoms with Gasteiger partial charge in [-0.1, -0.05) is 12.8 Å². The molecule has 0 spiro atoms. The fourth-order valence-corrected chi connectivity index (χ4v) is 2.85. The molecule has 0 radical (unpaired) electrons. The smallest absolute Gasteiger partial charge is 0.00719 e. The highest BCUT2D eigenvalue weighted by Gasteiger charge is 2.48. The van der Waals surface area contributed by atoms with E-state index in [1.54, 1.807) is 0 Å². The lowest BCUT2D eigenvalue weighted by Crippen LogP contribution is -2.17. The number of hydrogen-bond acceptors (Lipinski definition) is 1. The van der Waals surface area contributed by atoms with Crippen LogP contribution in [0.4, 0.5) is 0 Å². The van der Waals surface area contributed by atoms with Crippen LogP contribution in [0.15, 0.2) is 0 Å². The minimum Gasteiger partial charge on any atom is -0.330 e. The summed E-state index contributed by atoms with van der Waals surface area (Å²) in [5.74, 6) is 1.06. The van der Waals surface area contributed by atoms with Crippen LogP contribution < -0.4 is 5.73 Å². The maximum Gasteiger partial charge on any atom is -0.00719 e. The minimum absolute atomic E-state index is 0.755. The van der Waals surface area contributed by atoms with Crippen molar-refractivity contribution in [2.45, 2.75) is 44.9 Å². The molecular formula is C10H19N. The van der Waals surface area contributed by atoms with E-state index in [9.17, 15) is 0 Å². The summed E-state index contributed by atoms with van der Waals surface area (Å²) in [4.78, 5) is 0. The van der Waals surface area contributed by atoms with E-state index in [2.05, 4.69) is 0 Å². The lowest BCUT2D eigenvalue weighted by Gasteiger charge is -2.21. The van der Waals surface area contributed by atoms with Gasteiger partial charge >= 0.3 is 0 Å². The number of rotatable bonds is 3. The molecule has 0 atom stereocenters. The van der Waals surface area contributed by atoms with E-state index >= 15 is 0 Å². The summed E-state index contributed by atoms with van der Waals surface area (Å²) in [7, 11) is 0. The van der Waals surface area contributed by atoms with Crippen molar-refractivity contribution in [3.8, 4) is 0 Å².